The summed E-state index contributed by atoms with van der Waals surface area (Å²) in [6.45, 7) is 0. The van der Waals surface area contributed by atoms with Crippen LogP contribution in [-0.4, -0.2) is 23.2 Å². The minimum atomic E-state index is -1.18. The Morgan fingerprint density at radius 1 is 1.40 bits per heavy atom. The van der Waals surface area contributed by atoms with Crippen LogP contribution in [-0.2, 0) is 4.79 Å². The first kappa shape index (κ1) is 12.4. The van der Waals surface area contributed by atoms with Crippen molar-refractivity contribution in [1.82, 2.24) is 5.43 Å². The number of nitrogens with one attached hydrogen (secondary N) is 1. The Hall–Kier alpha value is -0.650. The molecule has 0 aromatic carbocycles. The highest BCUT2D eigenvalue weighted by Gasteiger charge is 2.25. The van der Waals surface area contributed by atoms with Gasteiger partial charge in [0.2, 0.25) is 0 Å². The van der Waals surface area contributed by atoms with Crippen molar-refractivity contribution < 1.29 is 9.90 Å². The second-order valence-corrected chi connectivity index (χ2v) is 4.36. The summed E-state index contributed by atoms with van der Waals surface area (Å²) < 4.78 is 0. The van der Waals surface area contributed by atoms with E-state index in [0.29, 0.717) is 12.3 Å². The zero-order valence-corrected chi connectivity index (χ0v) is 8.98. The molecule has 0 spiro atoms. The van der Waals surface area contributed by atoms with Crippen molar-refractivity contribution in [3.05, 3.63) is 0 Å². The number of carbonyl (C=O) groups excluding carboxylic acids is 1. The monoisotopic (exact) mass is 215 g/mol. The summed E-state index contributed by atoms with van der Waals surface area (Å²) in [6, 6.07) is -0.503. The first-order valence-corrected chi connectivity index (χ1v) is 5.59. The Kier molecular flexibility index (Phi) is 5.01. The van der Waals surface area contributed by atoms with Gasteiger partial charge in [0.1, 0.15) is 6.10 Å². The van der Waals surface area contributed by atoms with Gasteiger partial charge in [0.15, 0.2) is 0 Å². The maximum atomic E-state index is 11.0. The van der Waals surface area contributed by atoms with Crippen molar-refractivity contribution >= 4 is 5.91 Å². The van der Waals surface area contributed by atoms with Gasteiger partial charge in [-0.1, -0.05) is 32.1 Å². The summed E-state index contributed by atoms with van der Waals surface area (Å²) in [6.07, 6.45) is 5.59. The van der Waals surface area contributed by atoms with E-state index < -0.39 is 18.1 Å². The fourth-order valence-electron chi connectivity index (χ4n) is 2.22. The third-order valence-electron chi connectivity index (χ3n) is 3.15. The minimum Gasteiger partial charge on any atom is -0.382 e. The molecular weight excluding hydrogens is 194 g/mol. The van der Waals surface area contributed by atoms with Crippen molar-refractivity contribution in [3.63, 3.8) is 0 Å². The van der Waals surface area contributed by atoms with E-state index in [9.17, 15) is 9.90 Å². The summed E-state index contributed by atoms with van der Waals surface area (Å²) in [4.78, 5) is 11.0. The van der Waals surface area contributed by atoms with Crippen molar-refractivity contribution in [3.8, 4) is 0 Å². The summed E-state index contributed by atoms with van der Waals surface area (Å²) >= 11 is 0. The van der Waals surface area contributed by atoms with Crippen LogP contribution in [0.2, 0.25) is 0 Å². The highest BCUT2D eigenvalue weighted by molar-refractivity contribution is 5.80. The van der Waals surface area contributed by atoms with Crippen LogP contribution in [0.3, 0.4) is 0 Å². The number of aliphatic hydroxyl groups excluding tert-OH is 1. The predicted molar refractivity (Wildman–Crippen MR) is 57.5 cm³/mol. The molecule has 15 heavy (non-hydrogen) atoms. The largest absolute Gasteiger partial charge is 0.382 e. The van der Waals surface area contributed by atoms with Gasteiger partial charge in [0, 0.05) is 6.04 Å². The third-order valence-corrected chi connectivity index (χ3v) is 3.15. The van der Waals surface area contributed by atoms with Gasteiger partial charge < -0.3 is 10.8 Å². The molecule has 5 nitrogen and oxygen atoms in total. The second kappa shape index (κ2) is 6.05. The molecule has 1 aliphatic rings. The predicted octanol–water partition coefficient (Wildman–Crippen LogP) is -0.365. The number of hydrogen-bond donors (Lipinski definition) is 4. The SMILES string of the molecule is NNC(=O)C(O)C(N)CC1CCCCC1. The van der Waals surface area contributed by atoms with Crippen LogP contribution in [0.5, 0.6) is 0 Å². The molecule has 0 aromatic heterocycles. The number of rotatable bonds is 4. The first-order valence-electron chi connectivity index (χ1n) is 5.59. The van der Waals surface area contributed by atoms with E-state index in [1.165, 1.54) is 19.3 Å². The molecule has 0 aliphatic heterocycles. The number of hydrogen-bond acceptors (Lipinski definition) is 4. The molecule has 1 fully saturated rings. The molecule has 0 radical (unpaired) electrons. The van der Waals surface area contributed by atoms with Crippen molar-refractivity contribution in [2.75, 3.05) is 0 Å². The molecular formula is C10H21N3O2. The van der Waals surface area contributed by atoms with E-state index in [4.69, 9.17) is 11.6 Å². The quantitative estimate of drug-likeness (QED) is 0.292. The highest BCUT2D eigenvalue weighted by Crippen LogP contribution is 2.27. The fraction of sp³-hybridized carbons (Fsp3) is 0.900. The number of amides is 1. The van der Waals surface area contributed by atoms with E-state index in [-0.39, 0.29) is 0 Å². The normalized spacial score (nSPS) is 22.1. The Bertz CT molecular complexity index is 205. The van der Waals surface area contributed by atoms with Crippen molar-refractivity contribution in [1.29, 1.82) is 0 Å². The van der Waals surface area contributed by atoms with Crippen LogP contribution in [0, 0.1) is 5.92 Å². The molecule has 0 aromatic rings. The number of carbonyl (C=O) groups is 1. The standard InChI is InChI=1S/C10H21N3O2/c11-8(9(14)10(15)13-12)6-7-4-2-1-3-5-7/h7-9,14H,1-6,11-12H2,(H,13,15). The summed E-state index contributed by atoms with van der Waals surface area (Å²) in [7, 11) is 0. The maximum Gasteiger partial charge on any atom is 0.264 e. The molecule has 1 rings (SSSR count). The van der Waals surface area contributed by atoms with Crippen LogP contribution in [0.15, 0.2) is 0 Å². The van der Waals surface area contributed by atoms with E-state index >= 15 is 0 Å². The van der Waals surface area contributed by atoms with Crippen molar-refractivity contribution in [2.45, 2.75) is 50.7 Å². The lowest BCUT2D eigenvalue weighted by molar-refractivity contribution is -0.130. The van der Waals surface area contributed by atoms with Gasteiger partial charge in [-0.15, -0.1) is 0 Å². The minimum absolute atomic E-state index is 0.503. The fourth-order valence-corrected chi connectivity index (χ4v) is 2.22. The Morgan fingerprint density at radius 2 is 2.00 bits per heavy atom. The van der Waals surface area contributed by atoms with E-state index in [1.54, 1.807) is 0 Å². The average molecular weight is 215 g/mol. The van der Waals surface area contributed by atoms with E-state index in [1.807, 2.05) is 5.43 Å². The van der Waals surface area contributed by atoms with Crippen molar-refractivity contribution in [2.24, 2.45) is 17.5 Å². The molecule has 88 valence electrons. The van der Waals surface area contributed by atoms with Gasteiger partial charge >= 0.3 is 0 Å². The zero-order chi connectivity index (χ0) is 11.3. The number of nitrogens with two attached hydrogens (primary N) is 2. The second-order valence-electron chi connectivity index (χ2n) is 4.36. The van der Waals surface area contributed by atoms with Gasteiger partial charge in [-0.3, -0.25) is 10.2 Å². The van der Waals surface area contributed by atoms with Gasteiger partial charge in [0.05, 0.1) is 0 Å². The molecule has 1 aliphatic carbocycles. The van der Waals surface area contributed by atoms with Gasteiger partial charge in [0.25, 0.3) is 5.91 Å². The molecule has 5 heteroatoms. The van der Waals surface area contributed by atoms with Gasteiger partial charge in [-0.05, 0) is 12.3 Å². The van der Waals surface area contributed by atoms with Gasteiger partial charge in [-0.25, -0.2) is 5.84 Å². The molecule has 0 bridgehead atoms. The number of aliphatic hydroxyl groups is 1. The van der Waals surface area contributed by atoms with Crippen LogP contribution in [0.25, 0.3) is 0 Å². The Balaban J connectivity index is 2.32. The third kappa shape index (κ3) is 3.77. The molecule has 1 amide bonds. The Labute approximate surface area is 90.2 Å². The lowest BCUT2D eigenvalue weighted by Crippen LogP contribution is -2.49. The maximum absolute atomic E-state index is 11.0. The molecule has 6 N–H and O–H groups in total. The average Bonchev–Trinajstić information content (AvgIpc) is 2.28. The van der Waals surface area contributed by atoms with E-state index in [2.05, 4.69) is 0 Å². The van der Waals surface area contributed by atoms with Crippen LogP contribution < -0.4 is 17.0 Å². The lowest BCUT2D eigenvalue weighted by atomic mass is 9.84. The summed E-state index contributed by atoms with van der Waals surface area (Å²) in [5.41, 5.74) is 7.67. The van der Waals surface area contributed by atoms with Crippen LogP contribution >= 0.6 is 0 Å². The number of hydrazine groups is 1. The topological polar surface area (TPSA) is 101 Å². The Morgan fingerprint density at radius 3 is 2.53 bits per heavy atom. The summed E-state index contributed by atoms with van der Waals surface area (Å²) in [5.74, 6) is 4.88. The summed E-state index contributed by atoms with van der Waals surface area (Å²) in [5, 5.41) is 9.50. The molecule has 0 heterocycles. The molecule has 0 saturated heterocycles. The highest BCUT2D eigenvalue weighted by atomic mass is 16.3. The van der Waals surface area contributed by atoms with E-state index in [0.717, 1.165) is 12.8 Å². The lowest BCUT2D eigenvalue weighted by Gasteiger charge is -2.26. The molecule has 2 atom stereocenters. The molecule has 2 unspecified atom stereocenters. The smallest absolute Gasteiger partial charge is 0.264 e. The van der Waals surface area contributed by atoms with Gasteiger partial charge in [-0.2, -0.15) is 0 Å². The van der Waals surface area contributed by atoms with Crippen LogP contribution in [0.4, 0.5) is 0 Å². The first-order chi connectivity index (χ1) is 7.15. The van der Waals surface area contributed by atoms with Crippen LogP contribution in [0.1, 0.15) is 38.5 Å². The molecule has 1 saturated carbocycles. The zero-order valence-electron chi connectivity index (χ0n) is 8.98.